The summed E-state index contributed by atoms with van der Waals surface area (Å²) in [7, 11) is -3.45. The molecule has 0 unspecified atom stereocenters. The molecule has 2 aromatic rings. The van der Waals surface area contributed by atoms with E-state index in [2.05, 4.69) is 59.1 Å². The van der Waals surface area contributed by atoms with Crippen LogP contribution in [0, 0.1) is 68.0 Å². The average molecular weight is 953 g/mol. The van der Waals surface area contributed by atoms with Crippen molar-refractivity contribution >= 4 is 39.4 Å². The fourth-order valence-corrected chi connectivity index (χ4v) is 17.2. The Bertz CT molecular complexity index is 2560. The number of ether oxygens (including phenoxy) is 1. The molecular weight excluding hydrogens is 877 g/mol. The van der Waals surface area contributed by atoms with Crippen LogP contribution in [0.2, 0.25) is 0 Å². The summed E-state index contributed by atoms with van der Waals surface area (Å²) in [6.45, 7) is 23.7. The number of aliphatic carboxylic acids is 1. The number of carboxylic acid groups (broad SMARTS) is 1. The van der Waals surface area contributed by atoms with Gasteiger partial charge in [-0.3, -0.25) is 24.0 Å². The van der Waals surface area contributed by atoms with Gasteiger partial charge >= 0.3 is 11.9 Å². The molecule has 0 aromatic heterocycles. The Labute approximate surface area is 404 Å². The van der Waals surface area contributed by atoms with Crippen LogP contribution in [0.3, 0.4) is 0 Å². The molecule has 10 atom stereocenters. The van der Waals surface area contributed by atoms with Crippen LogP contribution >= 0.6 is 0 Å². The van der Waals surface area contributed by atoms with Gasteiger partial charge in [-0.25, -0.2) is 8.42 Å². The third-order valence-corrected chi connectivity index (χ3v) is 21.5. The lowest BCUT2D eigenvalue weighted by Crippen LogP contribution is -2.71. The first-order valence-corrected chi connectivity index (χ1v) is 27.0. The minimum atomic E-state index is -3.45. The number of carbonyl (C=O) groups excluding carboxylic acids is 4. The number of rotatable bonds is 11. The molecule has 6 aliphatic carbocycles. The molecule has 11 nitrogen and oxygen atoms in total. The molecule has 8 rings (SSSR count). The second kappa shape index (κ2) is 16.4. The molecule has 2 amide bonds. The number of allylic oxidation sites excluding steroid dienone is 1. The van der Waals surface area contributed by atoms with E-state index in [1.54, 1.807) is 13.8 Å². The van der Waals surface area contributed by atoms with Crippen molar-refractivity contribution in [1.82, 2.24) is 10.6 Å². The van der Waals surface area contributed by atoms with Gasteiger partial charge < -0.3 is 20.5 Å². The lowest BCUT2D eigenvalue weighted by molar-refractivity contribution is -0.261. The summed E-state index contributed by atoms with van der Waals surface area (Å²) in [5.41, 5.74) is -1.77. The minimum absolute atomic E-state index is 0.0428. The van der Waals surface area contributed by atoms with E-state index in [4.69, 9.17) is 4.74 Å². The van der Waals surface area contributed by atoms with Gasteiger partial charge in [0.15, 0.2) is 15.6 Å². The van der Waals surface area contributed by atoms with Gasteiger partial charge in [-0.1, -0.05) is 92.6 Å². The van der Waals surface area contributed by atoms with Gasteiger partial charge in [-0.2, -0.15) is 0 Å². The van der Waals surface area contributed by atoms with Gasteiger partial charge in [0.25, 0.3) is 5.91 Å². The molecule has 370 valence electrons. The third-order valence-electron chi connectivity index (χ3n) is 20.4. The SMILES string of the molecule is CC(C)C1=C2[C@H]3CC[C@@H]4[C@]5(C)CC[C@H]([C@@]6(C(=O)O)C[C@@H](C(=O)OCc7ccccc7)C6(C)C)C(C)(C)[C@H]5CC[C@@]4(C)[C@]3(C)CC[C@@]2(NC(=O)C(C)(C)NC(=O)c2ccc(S(C)(=O)=O)cc2)CC1=O. The van der Waals surface area contributed by atoms with Crippen LogP contribution < -0.4 is 10.6 Å². The van der Waals surface area contributed by atoms with Gasteiger partial charge in [0.2, 0.25) is 5.91 Å². The molecule has 0 saturated heterocycles. The van der Waals surface area contributed by atoms with Crippen LogP contribution in [0.25, 0.3) is 0 Å². The van der Waals surface area contributed by atoms with E-state index in [-0.39, 0.29) is 92.9 Å². The summed E-state index contributed by atoms with van der Waals surface area (Å²) in [5.74, 6) is -1.96. The van der Waals surface area contributed by atoms with Crippen LogP contribution in [0.5, 0.6) is 0 Å². The maximum atomic E-state index is 14.5. The van der Waals surface area contributed by atoms with E-state index < -0.39 is 49.5 Å². The summed E-state index contributed by atoms with van der Waals surface area (Å²) in [5, 5.41) is 17.6. The van der Waals surface area contributed by atoms with Crippen LogP contribution in [-0.2, 0) is 40.4 Å². The van der Waals surface area contributed by atoms with Crippen LogP contribution in [-0.4, -0.2) is 60.4 Å². The van der Waals surface area contributed by atoms with Crippen molar-refractivity contribution in [2.75, 3.05) is 6.26 Å². The van der Waals surface area contributed by atoms with E-state index >= 15 is 0 Å². The van der Waals surface area contributed by atoms with Crippen LogP contribution in [0.15, 0.2) is 70.6 Å². The van der Waals surface area contributed by atoms with Gasteiger partial charge in [0, 0.05) is 18.2 Å². The summed E-state index contributed by atoms with van der Waals surface area (Å²) >= 11 is 0. The maximum absolute atomic E-state index is 14.5. The predicted molar refractivity (Wildman–Crippen MR) is 261 cm³/mol. The highest BCUT2D eigenvalue weighted by atomic mass is 32.2. The number of carbonyl (C=O) groups is 5. The Balaban J connectivity index is 1.04. The Hall–Kier alpha value is -4.32. The number of nitrogens with one attached hydrogen (secondary N) is 2. The van der Waals surface area contributed by atoms with Crippen molar-refractivity contribution in [1.29, 1.82) is 0 Å². The molecule has 68 heavy (non-hydrogen) atoms. The van der Waals surface area contributed by atoms with Crippen molar-refractivity contribution in [2.24, 2.45) is 68.0 Å². The Morgan fingerprint density at radius 1 is 0.809 bits per heavy atom. The van der Waals surface area contributed by atoms with E-state index in [0.717, 1.165) is 67.9 Å². The van der Waals surface area contributed by atoms with Crippen LogP contribution in [0.4, 0.5) is 0 Å². The number of Topliss-reactive ketones (excluding diaryl/α,β-unsaturated/α-hetero) is 1. The smallest absolute Gasteiger partial charge is 0.310 e. The number of sulfone groups is 1. The van der Waals surface area contributed by atoms with Gasteiger partial charge in [0.05, 0.1) is 21.8 Å². The summed E-state index contributed by atoms with van der Waals surface area (Å²) in [4.78, 5) is 69.9. The lowest BCUT2D eigenvalue weighted by Gasteiger charge is -2.74. The maximum Gasteiger partial charge on any atom is 0.310 e. The fraction of sp³-hybridized carbons (Fsp3) is 0.661. The molecule has 0 radical (unpaired) electrons. The number of esters is 1. The monoisotopic (exact) mass is 953 g/mol. The minimum Gasteiger partial charge on any atom is -0.481 e. The number of carboxylic acids is 1. The largest absolute Gasteiger partial charge is 0.481 e. The third kappa shape index (κ3) is 7.28. The first-order valence-electron chi connectivity index (χ1n) is 25.1. The van der Waals surface area contributed by atoms with Crippen molar-refractivity contribution in [3.63, 3.8) is 0 Å². The number of hydrogen-bond donors (Lipinski definition) is 3. The first kappa shape index (κ1) is 50.1. The molecule has 3 N–H and O–H groups in total. The summed E-state index contributed by atoms with van der Waals surface area (Å²) in [6, 6.07) is 15.2. The molecule has 0 aliphatic heterocycles. The molecule has 12 heteroatoms. The number of amides is 2. The van der Waals surface area contributed by atoms with Gasteiger partial charge in [0.1, 0.15) is 12.1 Å². The second-order valence-electron chi connectivity index (χ2n) is 24.9. The lowest BCUT2D eigenvalue weighted by atomic mass is 9.30. The molecule has 0 spiro atoms. The number of ketones is 1. The van der Waals surface area contributed by atoms with E-state index in [0.29, 0.717) is 12.3 Å². The normalized spacial score (nSPS) is 36.0. The standard InChI is InChI=1S/C56H76N2O9S/c1-33(2)43-39(59)31-55(58-47(62)51(7,8)57-45(60)35-18-20-36(21-19-35)68(12,65)66)29-28-53(10)37(44(43)55)22-23-42-52(9)26-24-41(49(3,4)40(52)25-27-54(42,53)11)56(48(63)64)30-38(50(56,5)6)46(61)67-32-34-16-14-13-15-17-34/h13-21,33,37-38,40-42H,22-32H2,1-12H3,(H,57,60)(H,58,62)(H,63,64)/t37-,38+,40-,41+,42-,52-,53-,54-,55-,56-/m1/s1. The molecular formula is C56H76N2O9S. The van der Waals surface area contributed by atoms with E-state index in [1.165, 1.54) is 24.3 Å². The summed E-state index contributed by atoms with van der Waals surface area (Å²) < 4.78 is 29.9. The van der Waals surface area contributed by atoms with E-state index in [9.17, 15) is 37.5 Å². The van der Waals surface area contributed by atoms with Gasteiger partial charge in [-0.05, 0) is 169 Å². The second-order valence-corrected chi connectivity index (χ2v) is 26.9. The zero-order valence-corrected chi connectivity index (χ0v) is 43.4. The summed E-state index contributed by atoms with van der Waals surface area (Å²) in [6.07, 6.45) is 8.42. The molecule has 6 aliphatic rings. The van der Waals surface area contributed by atoms with Crippen molar-refractivity contribution in [2.45, 2.75) is 163 Å². The zero-order chi connectivity index (χ0) is 50.0. The Morgan fingerprint density at radius 2 is 1.44 bits per heavy atom. The van der Waals surface area contributed by atoms with E-state index in [1.807, 2.05) is 44.2 Å². The number of hydrogen-bond acceptors (Lipinski definition) is 8. The molecule has 5 saturated carbocycles. The Kier molecular flexibility index (Phi) is 12.1. The molecule has 2 aromatic carbocycles. The van der Waals surface area contributed by atoms with Crippen molar-refractivity contribution in [3.8, 4) is 0 Å². The highest BCUT2D eigenvalue weighted by Gasteiger charge is 2.76. The molecule has 0 heterocycles. The predicted octanol–water partition coefficient (Wildman–Crippen LogP) is 9.92. The van der Waals surface area contributed by atoms with Crippen molar-refractivity contribution in [3.05, 3.63) is 76.9 Å². The zero-order valence-electron chi connectivity index (χ0n) is 42.6. The molecule has 0 bridgehead atoms. The highest BCUT2D eigenvalue weighted by Crippen LogP contribution is 2.79. The highest BCUT2D eigenvalue weighted by molar-refractivity contribution is 7.90. The molecule has 5 fully saturated rings. The first-order chi connectivity index (χ1) is 31.4. The van der Waals surface area contributed by atoms with Gasteiger partial charge in [-0.15, -0.1) is 0 Å². The quantitative estimate of drug-likeness (QED) is 0.185. The topological polar surface area (TPSA) is 173 Å². The van der Waals surface area contributed by atoms with Crippen molar-refractivity contribution < 1.29 is 42.2 Å². The fourth-order valence-electron chi connectivity index (χ4n) is 16.6. The average Bonchev–Trinajstić information content (AvgIpc) is 3.54. The number of benzene rings is 2. The Morgan fingerprint density at radius 3 is 2.03 bits per heavy atom. The number of fused-ring (bicyclic) bond motifs is 7. The van der Waals surface area contributed by atoms with Crippen LogP contribution in [0.1, 0.15) is 156 Å².